The zero-order valence-electron chi connectivity index (χ0n) is 6.73. The first-order chi connectivity index (χ1) is 5.25. The van der Waals surface area contributed by atoms with E-state index in [-0.39, 0.29) is 5.82 Å². The van der Waals surface area contributed by atoms with E-state index in [0.29, 0.717) is 0 Å². The maximum absolute atomic E-state index is 12.9. The first kappa shape index (κ1) is 8.60. The first-order valence-corrected chi connectivity index (χ1v) is 4.62. The monoisotopic (exact) mass is 170 g/mol. The van der Waals surface area contributed by atoms with E-state index in [0.717, 1.165) is 16.2 Å². The van der Waals surface area contributed by atoms with Gasteiger partial charge in [-0.2, -0.15) is 0 Å². The number of benzene rings is 1. The molecular weight excluding hydrogens is 159 g/mol. The summed E-state index contributed by atoms with van der Waals surface area (Å²) in [7, 11) is 0. The van der Waals surface area contributed by atoms with Crippen molar-refractivity contribution in [2.24, 2.45) is 0 Å². The van der Waals surface area contributed by atoms with Crippen LogP contribution >= 0.6 is 11.8 Å². The maximum atomic E-state index is 12.9. The SMILES string of the molecule is CCSc1cccc(F)c1C. The van der Waals surface area contributed by atoms with Crippen LogP contribution < -0.4 is 0 Å². The molecule has 0 aliphatic rings. The molecule has 1 aromatic carbocycles. The Bertz CT molecular complexity index is 245. The van der Waals surface area contributed by atoms with Gasteiger partial charge in [0.1, 0.15) is 5.82 Å². The smallest absolute Gasteiger partial charge is 0.127 e. The second kappa shape index (κ2) is 3.77. The van der Waals surface area contributed by atoms with Crippen molar-refractivity contribution < 1.29 is 4.39 Å². The Morgan fingerprint density at radius 1 is 1.45 bits per heavy atom. The van der Waals surface area contributed by atoms with Crippen molar-refractivity contribution in [3.05, 3.63) is 29.6 Å². The Kier molecular flexibility index (Phi) is 2.94. The molecule has 60 valence electrons. The normalized spacial score (nSPS) is 10.1. The summed E-state index contributed by atoms with van der Waals surface area (Å²) >= 11 is 1.68. The molecule has 2 heteroatoms. The highest BCUT2D eigenvalue weighted by molar-refractivity contribution is 7.99. The van der Waals surface area contributed by atoms with Gasteiger partial charge in [-0.3, -0.25) is 0 Å². The summed E-state index contributed by atoms with van der Waals surface area (Å²) in [6.45, 7) is 3.88. The summed E-state index contributed by atoms with van der Waals surface area (Å²) in [5, 5.41) is 0. The van der Waals surface area contributed by atoms with Crippen LogP contribution in [0.3, 0.4) is 0 Å². The quantitative estimate of drug-likeness (QED) is 0.614. The van der Waals surface area contributed by atoms with Gasteiger partial charge in [-0.25, -0.2) is 4.39 Å². The highest BCUT2D eigenvalue weighted by atomic mass is 32.2. The lowest BCUT2D eigenvalue weighted by Gasteiger charge is -2.02. The van der Waals surface area contributed by atoms with E-state index in [2.05, 4.69) is 6.92 Å². The van der Waals surface area contributed by atoms with Crippen molar-refractivity contribution in [2.75, 3.05) is 5.75 Å². The number of hydrogen-bond donors (Lipinski definition) is 0. The molecule has 1 rings (SSSR count). The topological polar surface area (TPSA) is 0 Å². The van der Waals surface area contributed by atoms with Crippen molar-refractivity contribution >= 4 is 11.8 Å². The molecule has 0 unspecified atom stereocenters. The molecule has 0 fully saturated rings. The molecule has 0 aromatic heterocycles. The fourth-order valence-electron chi connectivity index (χ4n) is 0.900. The van der Waals surface area contributed by atoms with E-state index in [9.17, 15) is 4.39 Å². The second-order valence-corrected chi connectivity index (χ2v) is 3.60. The number of rotatable bonds is 2. The van der Waals surface area contributed by atoms with Gasteiger partial charge in [0, 0.05) is 4.90 Å². The minimum Gasteiger partial charge on any atom is -0.207 e. The van der Waals surface area contributed by atoms with Gasteiger partial charge in [-0.15, -0.1) is 11.8 Å². The average Bonchev–Trinajstić information content (AvgIpc) is 1.99. The van der Waals surface area contributed by atoms with Crippen molar-refractivity contribution in [1.29, 1.82) is 0 Å². The first-order valence-electron chi connectivity index (χ1n) is 3.63. The minimum atomic E-state index is -0.108. The van der Waals surface area contributed by atoms with Crippen LogP contribution in [0.5, 0.6) is 0 Å². The predicted molar refractivity (Wildman–Crippen MR) is 47.5 cm³/mol. The van der Waals surface area contributed by atoms with Gasteiger partial charge >= 0.3 is 0 Å². The molecule has 0 radical (unpaired) electrons. The molecule has 0 bridgehead atoms. The van der Waals surface area contributed by atoms with Gasteiger partial charge in [-0.1, -0.05) is 13.0 Å². The summed E-state index contributed by atoms with van der Waals surface area (Å²) < 4.78 is 12.9. The Balaban J connectivity index is 2.96. The van der Waals surface area contributed by atoms with Gasteiger partial charge in [0.15, 0.2) is 0 Å². The van der Waals surface area contributed by atoms with Crippen LogP contribution in [0.25, 0.3) is 0 Å². The lowest BCUT2D eigenvalue weighted by molar-refractivity contribution is 0.613. The lowest BCUT2D eigenvalue weighted by Crippen LogP contribution is -1.84. The highest BCUT2D eigenvalue weighted by Crippen LogP contribution is 2.23. The van der Waals surface area contributed by atoms with Crippen LogP contribution in [0.1, 0.15) is 12.5 Å². The Morgan fingerprint density at radius 2 is 2.18 bits per heavy atom. The molecule has 0 saturated carbocycles. The summed E-state index contributed by atoms with van der Waals surface area (Å²) in [5.41, 5.74) is 0.763. The molecule has 0 aliphatic carbocycles. The molecule has 0 saturated heterocycles. The van der Waals surface area contributed by atoms with Crippen LogP contribution in [0, 0.1) is 12.7 Å². The van der Waals surface area contributed by atoms with Crippen molar-refractivity contribution in [3.8, 4) is 0 Å². The van der Waals surface area contributed by atoms with Crippen molar-refractivity contribution in [2.45, 2.75) is 18.7 Å². The predicted octanol–water partition coefficient (Wildman–Crippen LogP) is 3.25. The number of halogens is 1. The van der Waals surface area contributed by atoms with Crippen LogP contribution in [-0.2, 0) is 0 Å². The summed E-state index contributed by atoms with van der Waals surface area (Å²) in [6, 6.07) is 5.20. The summed E-state index contributed by atoms with van der Waals surface area (Å²) in [6.07, 6.45) is 0. The molecule has 1 aromatic rings. The van der Waals surface area contributed by atoms with Gasteiger partial charge in [0.2, 0.25) is 0 Å². The molecule has 0 heterocycles. The number of thioether (sulfide) groups is 1. The van der Waals surface area contributed by atoms with Gasteiger partial charge in [0.05, 0.1) is 0 Å². The van der Waals surface area contributed by atoms with E-state index >= 15 is 0 Å². The molecule has 0 aliphatic heterocycles. The molecule has 0 atom stereocenters. The fraction of sp³-hybridized carbons (Fsp3) is 0.333. The van der Waals surface area contributed by atoms with Crippen molar-refractivity contribution in [3.63, 3.8) is 0 Å². The van der Waals surface area contributed by atoms with E-state index in [1.54, 1.807) is 17.8 Å². The minimum absolute atomic E-state index is 0.108. The number of hydrogen-bond acceptors (Lipinski definition) is 1. The van der Waals surface area contributed by atoms with E-state index in [4.69, 9.17) is 0 Å². The summed E-state index contributed by atoms with van der Waals surface area (Å²) in [4.78, 5) is 1.05. The Labute approximate surface area is 70.8 Å². The average molecular weight is 170 g/mol. The fourth-order valence-corrected chi connectivity index (χ4v) is 1.70. The molecule has 0 amide bonds. The van der Waals surface area contributed by atoms with E-state index in [1.807, 2.05) is 13.0 Å². The standard InChI is InChI=1S/C9H11FS/c1-3-11-9-6-4-5-8(10)7(9)2/h4-6H,3H2,1-2H3. The van der Waals surface area contributed by atoms with E-state index < -0.39 is 0 Å². The van der Waals surface area contributed by atoms with Crippen LogP contribution in [0.15, 0.2) is 23.1 Å². The third-order valence-electron chi connectivity index (χ3n) is 1.52. The summed E-state index contributed by atoms with van der Waals surface area (Å²) in [5.74, 6) is 0.882. The molecule has 0 nitrogen and oxygen atoms in total. The van der Waals surface area contributed by atoms with Crippen LogP contribution in [0.4, 0.5) is 4.39 Å². The molecule has 0 spiro atoms. The third kappa shape index (κ3) is 1.96. The Hall–Kier alpha value is -0.500. The van der Waals surface area contributed by atoms with Gasteiger partial charge in [-0.05, 0) is 30.4 Å². The molecule has 11 heavy (non-hydrogen) atoms. The van der Waals surface area contributed by atoms with E-state index in [1.165, 1.54) is 6.07 Å². The zero-order valence-corrected chi connectivity index (χ0v) is 7.54. The lowest BCUT2D eigenvalue weighted by atomic mass is 10.2. The van der Waals surface area contributed by atoms with Gasteiger partial charge < -0.3 is 0 Å². The maximum Gasteiger partial charge on any atom is 0.127 e. The zero-order chi connectivity index (χ0) is 8.27. The molecule has 0 N–H and O–H groups in total. The second-order valence-electron chi connectivity index (χ2n) is 2.30. The van der Waals surface area contributed by atoms with Crippen LogP contribution in [-0.4, -0.2) is 5.75 Å². The van der Waals surface area contributed by atoms with Crippen molar-refractivity contribution in [1.82, 2.24) is 0 Å². The Morgan fingerprint density at radius 3 is 2.82 bits per heavy atom. The highest BCUT2D eigenvalue weighted by Gasteiger charge is 2.01. The van der Waals surface area contributed by atoms with Crippen LogP contribution in [0.2, 0.25) is 0 Å². The molecular formula is C9H11FS. The third-order valence-corrected chi connectivity index (χ3v) is 2.56. The largest absolute Gasteiger partial charge is 0.207 e. The van der Waals surface area contributed by atoms with Gasteiger partial charge in [0.25, 0.3) is 0 Å².